The first-order valence-corrected chi connectivity index (χ1v) is 4.75. The number of nitro benzene ring substituents is 2. The van der Waals surface area contributed by atoms with Crippen molar-refractivity contribution < 1.29 is 19.7 Å². The van der Waals surface area contributed by atoms with Gasteiger partial charge in [0.15, 0.2) is 5.96 Å². The second-order valence-corrected chi connectivity index (χ2v) is 3.01. The molecule has 11 heteroatoms. The highest BCUT2D eigenvalue weighted by atomic mass is 16.6. The van der Waals surface area contributed by atoms with Crippen LogP contribution in [-0.2, 0) is 4.79 Å². The van der Waals surface area contributed by atoms with E-state index >= 15 is 0 Å². The Morgan fingerprint density at radius 1 is 1.20 bits per heavy atom. The molecule has 11 nitrogen and oxygen atoms in total. The molecule has 0 saturated heterocycles. The molecule has 1 rings (SSSR count). The molecule has 0 aliphatic carbocycles. The van der Waals surface area contributed by atoms with Crippen molar-refractivity contribution in [1.82, 2.24) is 0 Å². The van der Waals surface area contributed by atoms with Gasteiger partial charge in [-0.15, -0.1) is 0 Å². The maximum atomic E-state index is 10.2. The van der Waals surface area contributed by atoms with E-state index in [-0.39, 0.29) is 17.3 Å². The fraction of sp³-hybridized carbons (Fsp3) is 0.111. The third kappa shape index (κ3) is 12.8. The highest BCUT2D eigenvalue weighted by Gasteiger charge is 2.11. The van der Waals surface area contributed by atoms with E-state index in [9.17, 15) is 20.2 Å². The molecule has 0 radical (unpaired) electrons. The summed E-state index contributed by atoms with van der Waals surface area (Å²) in [5.74, 6) is -1.17. The Bertz CT molecular complexity index is 454. The quantitative estimate of drug-likeness (QED) is 0.259. The number of guanidine groups is 1. The fourth-order valence-corrected chi connectivity index (χ4v) is 0.720. The van der Waals surface area contributed by atoms with Crippen LogP contribution in [0.25, 0.3) is 0 Å². The van der Waals surface area contributed by atoms with Crippen LogP contribution in [0.15, 0.2) is 24.3 Å². The minimum Gasteiger partial charge on any atom is -0.481 e. The number of nitrogens with one attached hydrogen (secondary N) is 1. The lowest BCUT2D eigenvalue weighted by Crippen LogP contribution is -2.20. The van der Waals surface area contributed by atoms with Crippen LogP contribution in [0.1, 0.15) is 6.92 Å². The summed E-state index contributed by atoms with van der Waals surface area (Å²) in [5.41, 5.74) is 8.40. The molecule has 0 amide bonds. The van der Waals surface area contributed by atoms with Gasteiger partial charge in [-0.05, 0) is 6.07 Å². The Morgan fingerprint density at radius 2 is 1.45 bits per heavy atom. The standard InChI is InChI=1S/C6H4N2O4.C2H4O2.CH5N3/c9-7(10)5-2-1-3-6(4-5)8(11)12;1-2(3)4;2-1(3)4/h1-4H;1H3,(H,3,4);(H5,2,3,4). The lowest BCUT2D eigenvalue weighted by Gasteiger charge is -1.90. The number of non-ortho nitro benzene ring substituents is 2. The Labute approximate surface area is 112 Å². The topological polar surface area (TPSA) is 199 Å². The maximum absolute atomic E-state index is 10.2. The molecular formula is C9H13N5O6. The van der Waals surface area contributed by atoms with Crippen molar-refractivity contribution >= 4 is 23.3 Å². The Hall–Kier alpha value is -3.24. The van der Waals surface area contributed by atoms with Gasteiger partial charge in [-0.2, -0.15) is 0 Å². The molecule has 110 valence electrons. The highest BCUT2D eigenvalue weighted by Crippen LogP contribution is 2.18. The summed E-state index contributed by atoms with van der Waals surface area (Å²) >= 11 is 0. The number of nitrogens with two attached hydrogens (primary N) is 2. The van der Waals surface area contributed by atoms with Crippen LogP contribution in [0.3, 0.4) is 0 Å². The van der Waals surface area contributed by atoms with Crippen LogP contribution in [0.4, 0.5) is 11.4 Å². The molecule has 0 fully saturated rings. The van der Waals surface area contributed by atoms with Crippen LogP contribution in [0, 0.1) is 25.6 Å². The zero-order chi connectivity index (χ0) is 16.3. The monoisotopic (exact) mass is 287 g/mol. The first-order chi connectivity index (χ1) is 9.07. The molecule has 20 heavy (non-hydrogen) atoms. The number of carboxylic acid groups (broad SMARTS) is 1. The van der Waals surface area contributed by atoms with Crippen molar-refractivity contribution in [2.75, 3.05) is 0 Å². The molecule has 6 N–H and O–H groups in total. The van der Waals surface area contributed by atoms with E-state index in [1.54, 1.807) is 0 Å². The second-order valence-electron chi connectivity index (χ2n) is 3.01. The second kappa shape index (κ2) is 9.76. The Kier molecular flexibility index (Phi) is 9.32. The molecule has 1 aromatic carbocycles. The Balaban J connectivity index is 0. The van der Waals surface area contributed by atoms with E-state index in [1.807, 2.05) is 0 Å². The lowest BCUT2D eigenvalue weighted by atomic mass is 10.3. The van der Waals surface area contributed by atoms with Gasteiger partial charge in [0.05, 0.1) is 15.9 Å². The van der Waals surface area contributed by atoms with E-state index in [1.165, 1.54) is 18.2 Å². The third-order valence-corrected chi connectivity index (χ3v) is 1.25. The summed E-state index contributed by atoms with van der Waals surface area (Å²) in [6.07, 6.45) is 0. The van der Waals surface area contributed by atoms with Crippen molar-refractivity contribution in [2.24, 2.45) is 11.5 Å². The van der Waals surface area contributed by atoms with E-state index in [2.05, 4.69) is 11.5 Å². The maximum Gasteiger partial charge on any atom is 0.300 e. The van der Waals surface area contributed by atoms with Crippen molar-refractivity contribution in [2.45, 2.75) is 6.92 Å². The number of carboxylic acids is 1. The molecule has 0 unspecified atom stereocenters. The average Bonchev–Trinajstić information content (AvgIpc) is 2.27. The fourth-order valence-electron chi connectivity index (χ4n) is 0.720. The normalized spacial score (nSPS) is 8.05. The molecule has 0 atom stereocenters. The molecule has 0 aliphatic rings. The molecule has 0 spiro atoms. The van der Waals surface area contributed by atoms with Crippen molar-refractivity contribution in [1.29, 1.82) is 5.41 Å². The van der Waals surface area contributed by atoms with Crippen LogP contribution in [0.2, 0.25) is 0 Å². The first-order valence-electron chi connectivity index (χ1n) is 4.75. The summed E-state index contributed by atoms with van der Waals surface area (Å²) in [5, 5.41) is 33.8. The number of carbonyl (C=O) groups is 1. The average molecular weight is 287 g/mol. The Morgan fingerprint density at radius 3 is 1.65 bits per heavy atom. The van der Waals surface area contributed by atoms with Crippen LogP contribution in [-0.4, -0.2) is 26.9 Å². The largest absolute Gasteiger partial charge is 0.481 e. The molecule has 1 aromatic rings. The summed E-state index contributed by atoms with van der Waals surface area (Å²) < 4.78 is 0. The van der Waals surface area contributed by atoms with E-state index in [4.69, 9.17) is 15.3 Å². The SMILES string of the molecule is CC(=O)O.N=C(N)N.O=[N+]([O-])c1cccc([N+](=O)[O-])c1. The minimum atomic E-state index is -0.833. The van der Waals surface area contributed by atoms with Crippen LogP contribution in [0.5, 0.6) is 0 Å². The molecule has 0 heterocycles. The van der Waals surface area contributed by atoms with Gasteiger partial charge < -0.3 is 16.6 Å². The molecule has 0 aliphatic heterocycles. The number of benzene rings is 1. The van der Waals surface area contributed by atoms with Crippen molar-refractivity contribution in [3.05, 3.63) is 44.5 Å². The number of nitrogens with zero attached hydrogens (tertiary/aromatic N) is 2. The highest BCUT2D eigenvalue weighted by molar-refractivity contribution is 5.71. The molecule has 0 aromatic heterocycles. The van der Waals surface area contributed by atoms with Gasteiger partial charge in [0, 0.05) is 19.1 Å². The summed E-state index contributed by atoms with van der Waals surface area (Å²) in [4.78, 5) is 28.0. The van der Waals surface area contributed by atoms with Crippen LogP contribution < -0.4 is 11.5 Å². The number of hydrogen-bond acceptors (Lipinski definition) is 6. The van der Waals surface area contributed by atoms with E-state index in [0.717, 1.165) is 13.0 Å². The van der Waals surface area contributed by atoms with Gasteiger partial charge in [-0.3, -0.25) is 30.4 Å². The summed E-state index contributed by atoms with van der Waals surface area (Å²) in [6.45, 7) is 1.08. The van der Waals surface area contributed by atoms with E-state index in [0.29, 0.717) is 0 Å². The predicted octanol–water partition coefficient (Wildman–Crippen LogP) is 0.432. The van der Waals surface area contributed by atoms with Gasteiger partial charge >= 0.3 is 0 Å². The molecular weight excluding hydrogens is 274 g/mol. The van der Waals surface area contributed by atoms with Gasteiger partial charge in [0.1, 0.15) is 0 Å². The first kappa shape index (κ1) is 19.1. The molecule has 0 saturated carbocycles. The smallest absolute Gasteiger partial charge is 0.300 e. The zero-order valence-electron chi connectivity index (χ0n) is 10.3. The van der Waals surface area contributed by atoms with Gasteiger partial charge in [-0.1, -0.05) is 0 Å². The summed E-state index contributed by atoms with van der Waals surface area (Å²) in [6, 6.07) is 4.59. The van der Waals surface area contributed by atoms with Crippen molar-refractivity contribution in [3.63, 3.8) is 0 Å². The predicted molar refractivity (Wildman–Crippen MR) is 69.2 cm³/mol. The molecule has 0 bridgehead atoms. The zero-order valence-corrected chi connectivity index (χ0v) is 10.3. The minimum absolute atomic E-state index is 0.274. The lowest BCUT2D eigenvalue weighted by molar-refractivity contribution is -0.394. The van der Waals surface area contributed by atoms with Gasteiger partial charge in [0.25, 0.3) is 17.3 Å². The van der Waals surface area contributed by atoms with Gasteiger partial charge in [0.2, 0.25) is 0 Å². The number of hydrogen-bond donors (Lipinski definition) is 4. The van der Waals surface area contributed by atoms with E-state index < -0.39 is 15.8 Å². The van der Waals surface area contributed by atoms with Crippen molar-refractivity contribution in [3.8, 4) is 0 Å². The number of aliphatic carboxylic acids is 1. The summed E-state index contributed by atoms with van der Waals surface area (Å²) in [7, 11) is 0. The number of nitro groups is 2. The van der Waals surface area contributed by atoms with Crippen LogP contribution >= 0.6 is 0 Å². The number of rotatable bonds is 2. The third-order valence-electron chi connectivity index (χ3n) is 1.25. The van der Waals surface area contributed by atoms with Gasteiger partial charge in [-0.25, -0.2) is 0 Å².